The summed E-state index contributed by atoms with van der Waals surface area (Å²) < 4.78 is 13.5. The van der Waals surface area contributed by atoms with Crippen LogP contribution in [0, 0.1) is 11.7 Å². The van der Waals surface area contributed by atoms with Crippen LogP contribution in [0.25, 0.3) is 0 Å². The van der Waals surface area contributed by atoms with Crippen molar-refractivity contribution in [1.29, 1.82) is 0 Å². The number of anilines is 1. The largest absolute Gasteiger partial charge is 0.480 e. The summed E-state index contributed by atoms with van der Waals surface area (Å²) in [6.45, 7) is 5.55. The molecule has 0 spiro atoms. The van der Waals surface area contributed by atoms with E-state index in [-0.39, 0.29) is 12.4 Å². The van der Waals surface area contributed by atoms with Gasteiger partial charge >= 0.3 is 5.97 Å². The number of nitrogens with zero attached hydrogens (tertiary/aromatic N) is 2. The van der Waals surface area contributed by atoms with Crippen LogP contribution >= 0.6 is 0 Å². The smallest absolute Gasteiger partial charge is 0.317 e. The van der Waals surface area contributed by atoms with E-state index in [1.54, 1.807) is 18.0 Å². The number of benzene rings is 1. The van der Waals surface area contributed by atoms with Gasteiger partial charge in [0.15, 0.2) is 0 Å². The number of halogens is 1. The number of likely N-dealkylation sites (N-methyl/N-ethyl adjacent to an activating group) is 1. The third kappa shape index (κ3) is 5.71. The number of aliphatic carboxylic acids is 1. The van der Waals surface area contributed by atoms with Gasteiger partial charge in [0.05, 0.1) is 6.54 Å². The van der Waals surface area contributed by atoms with Gasteiger partial charge in [-0.3, -0.25) is 9.69 Å². The molecule has 1 unspecified atom stereocenters. The maximum atomic E-state index is 13.5. The van der Waals surface area contributed by atoms with Crippen LogP contribution in [0.2, 0.25) is 0 Å². The molecular formula is C16H25FN2O2. The minimum Gasteiger partial charge on any atom is -0.480 e. The summed E-state index contributed by atoms with van der Waals surface area (Å²) >= 11 is 0. The summed E-state index contributed by atoms with van der Waals surface area (Å²) in [5.41, 5.74) is 1.76. The molecule has 0 aromatic heterocycles. The zero-order valence-electron chi connectivity index (χ0n) is 13.3. The minimum atomic E-state index is -0.886. The third-order valence-electron chi connectivity index (χ3n) is 3.58. The number of hydrogen-bond donors (Lipinski definition) is 1. The maximum Gasteiger partial charge on any atom is 0.317 e. The van der Waals surface area contributed by atoms with Crippen molar-refractivity contribution in [3.63, 3.8) is 0 Å². The van der Waals surface area contributed by atoms with E-state index in [1.807, 2.05) is 7.05 Å². The molecule has 1 rings (SSSR count). The van der Waals surface area contributed by atoms with Crippen LogP contribution in [0.1, 0.15) is 25.8 Å². The summed E-state index contributed by atoms with van der Waals surface area (Å²) in [6.07, 6.45) is 1.08. The normalized spacial score (nSPS) is 12.5. The average molecular weight is 296 g/mol. The first-order chi connectivity index (χ1) is 9.83. The lowest BCUT2D eigenvalue weighted by Gasteiger charge is -2.26. The molecule has 0 aliphatic carbocycles. The van der Waals surface area contributed by atoms with Gasteiger partial charge in [-0.15, -0.1) is 0 Å². The predicted octanol–water partition coefficient (Wildman–Crippen LogP) is 2.82. The first kappa shape index (κ1) is 17.4. The van der Waals surface area contributed by atoms with Gasteiger partial charge < -0.3 is 10.0 Å². The number of carboxylic acids is 1. The van der Waals surface area contributed by atoms with E-state index in [4.69, 9.17) is 5.11 Å². The van der Waals surface area contributed by atoms with Gasteiger partial charge in [0.1, 0.15) is 5.82 Å². The Morgan fingerprint density at radius 3 is 2.62 bits per heavy atom. The molecule has 1 atom stereocenters. The zero-order chi connectivity index (χ0) is 16.0. The molecule has 0 heterocycles. The van der Waals surface area contributed by atoms with Gasteiger partial charge in [-0.2, -0.15) is 0 Å². The maximum absolute atomic E-state index is 13.5. The number of rotatable bonds is 8. The second kappa shape index (κ2) is 7.98. The van der Waals surface area contributed by atoms with E-state index < -0.39 is 5.97 Å². The van der Waals surface area contributed by atoms with Crippen molar-refractivity contribution >= 4 is 11.7 Å². The van der Waals surface area contributed by atoms with E-state index >= 15 is 0 Å². The SMILES string of the molecule is CCC(C)CN(C)c1ccc(F)cc1CN(C)CC(=O)O. The van der Waals surface area contributed by atoms with E-state index in [0.29, 0.717) is 12.5 Å². The predicted molar refractivity (Wildman–Crippen MR) is 83.1 cm³/mol. The van der Waals surface area contributed by atoms with Crippen molar-refractivity contribution in [2.75, 3.05) is 32.1 Å². The molecule has 0 radical (unpaired) electrons. The Morgan fingerprint density at radius 2 is 2.05 bits per heavy atom. The zero-order valence-corrected chi connectivity index (χ0v) is 13.3. The van der Waals surface area contributed by atoms with Crippen molar-refractivity contribution in [1.82, 2.24) is 4.90 Å². The summed E-state index contributed by atoms with van der Waals surface area (Å²) in [5, 5.41) is 8.82. The fourth-order valence-corrected chi connectivity index (χ4v) is 2.33. The molecule has 21 heavy (non-hydrogen) atoms. The standard InChI is InChI=1S/C16H25FN2O2/c1-5-12(2)9-19(4)15-7-6-14(17)8-13(15)10-18(3)11-16(20)21/h6-8,12H,5,9-11H2,1-4H3,(H,20,21). The first-order valence-electron chi connectivity index (χ1n) is 7.23. The summed E-state index contributed by atoms with van der Waals surface area (Å²) in [5.74, 6) is -0.637. The second-order valence-electron chi connectivity index (χ2n) is 5.73. The highest BCUT2D eigenvalue weighted by atomic mass is 19.1. The molecule has 0 saturated heterocycles. The van der Waals surface area contributed by atoms with Crippen LogP contribution in [0.4, 0.5) is 10.1 Å². The van der Waals surface area contributed by atoms with Crippen LogP contribution < -0.4 is 4.90 Å². The van der Waals surface area contributed by atoms with Gasteiger partial charge in [0, 0.05) is 25.8 Å². The van der Waals surface area contributed by atoms with E-state index in [1.165, 1.54) is 12.1 Å². The average Bonchev–Trinajstić information content (AvgIpc) is 2.37. The molecule has 5 heteroatoms. The molecule has 0 saturated carbocycles. The van der Waals surface area contributed by atoms with Crippen LogP contribution in [0.5, 0.6) is 0 Å². The molecule has 1 aromatic rings. The highest BCUT2D eigenvalue weighted by Crippen LogP contribution is 2.23. The molecule has 0 aliphatic heterocycles. The van der Waals surface area contributed by atoms with Crippen LogP contribution in [-0.2, 0) is 11.3 Å². The lowest BCUT2D eigenvalue weighted by molar-refractivity contribution is -0.138. The van der Waals surface area contributed by atoms with E-state index in [2.05, 4.69) is 18.7 Å². The molecule has 1 aromatic carbocycles. The Balaban J connectivity index is 2.91. The van der Waals surface area contributed by atoms with Crippen molar-refractivity contribution < 1.29 is 14.3 Å². The highest BCUT2D eigenvalue weighted by molar-refractivity contribution is 5.69. The molecule has 0 bridgehead atoms. The van der Waals surface area contributed by atoms with E-state index in [0.717, 1.165) is 24.2 Å². The van der Waals surface area contributed by atoms with Gasteiger partial charge in [-0.25, -0.2) is 4.39 Å². The molecule has 1 N–H and O–H groups in total. The minimum absolute atomic E-state index is 0.0645. The van der Waals surface area contributed by atoms with Gasteiger partial charge in [0.2, 0.25) is 0 Å². The number of carbonyl (C=O) groups is 1. The Labute approximate surface area is 126 Å². The Hall–Kier alpha value is -1.62. The van der Waals surface area contributed by atoms with Crippen molar-refractivity contribution in [3.8, 4) is 0 Å². The molecular weight excluding hydrogens is 271 g/mol. The fraction of sp³-hybridized carbons (Fsp3) is 0.562. The molecule has 0 aliphatic rings. The summed E-state index contributed by atoms with van der Waals surface area (Å²) in [4.78, 5) is 14.5. The molecule has 0 fully saturated rings. The summed E-state index contributed by atoms with van der Waals surface area (Å²) in [7, 11) is 3.71. The van der Waals surface area contributed by atoms with Gasteiger partial charge in [-0.1, -0.05) is 20.3 Å². The Bertz CT molecular complexity index is 479. The molecule has 118 valence electrons. The molecule has 4 nitrogen and oxygen atoms in total. The van der Waals surface area contributed by atoms with Crippen LogP contribution in [-0.4, -0.2) is 43.2 Å². The quantitative estimate of drug-likeness (QED) is 0.801. The number of carboxylic acid groups (broad SMARTS) is 1. The van der Waals surface area contributed by atoms with Crippen molar-refractivity contribution in [2.45, 2.75) is 26.8 Å². The first-order valence-corrected chi connectivity index (χ1v) is 7.23. The van der Waals surface area contributed by atoms with Crippen LogP contribution in [0.15, 0.2) is 18.2 Å². The lowest BCUT2D eigenvalue weighted by Crippen LogP contribution is -2.28. The highest BCUT2D eigenvalue weighted by Gasteiger charge is 2.14. The van der Waals surface area contributed by atoms with Gasteiger partial charge in [-0.05, 0) is 36.7 Å². The fourth-order valence-electron chi connectivity index (χ4n) is 2.33. The molecule has 0 amide bonds. The summed E-state index contributed by atoms with van der Waals surface area (Å²) in [6, 6.07) is 4.70. The third-order valence-corrected chi connectivity index (χ3v) is 3.58. The number of hydrogen-bond acceptors (Lipinski definition) is 3. The van der Waals surface area contributed by atoms with Crippen molar-refractivity contribution in [2.24, 2.45) is 5.92 Å². The van der Waals surface area contributed by atoms with Crippen molar-refractivity contribution in [3.05, 3.63) is 29.6 Å². The second-order valence-corrected chi connectivity index (χ2v) is 5.73. The monoisotopic (exact) mass is 296 g/mol. The Morgan fingerprint density at radius 1 is 1.38 bits per heavy atom. The Kier molecular flexibility index (Phi) is 6.62. The topological polar surface area (TPSA) is 43.8 Å². The van der Waals surface area contributed by atoms with E-state index in [9.17, 15) is 9.18 Å². The van der Waals surface area contributed by atoms with Crippen LogP contribution in [0.3, 0.4) is 0 Å². The van der Waals surface area contributed by atoms with Gasteiger partial charge in [0.25, 0.3) is 0 Å². The lowest BCUT2D eigenvalue weighted by atomic mass is 10.1.